The van der Waals surface area contributed by atoms with Gasteiger partial charge in [-0.15, -0.1) is 0 Å². The highest BCUT2D eigenvalue weighted by molar-refractivity contribution is 5.76. The van der Waals surface area contributed by atoms with Crippen LogP contribution in [0.2, 0.25) is 0 Å². The van der Waals surface area contributed by atoms with Gasteiger partial charge in [-0.05, 0) is 6.07 Å². The molecule has 4 heteroatoms. The molecule has 0 atom stereocenters. The van der Waals surface area contributed by atoms with Gasteiger partial charge in [0.15, 0.2) is 0 Å². The molecule has 0 saturated carbocycles. The monoisotopic (exact) mass is 163 g/mol. The highest BCUT2D eigenvalue weighted by Gasteiger charge is 2.02. The van der Waals surface area contributed by atoms with E-state index in [0.29, 0.717) is 16.9 Å². The van der Waals surface area contributed by atoms with Crippen LogP contribution in [0.25, 0.3) is 6.08 Å². The Balaban J connectivity index is 3.26. The molecule has 0 aliphatic heterocycles. The lowest BCUT2D eigenvalue weighted by Crippen LogP contribution is -2.05. The predicted octanol–water partition coefficient (Wildman–Crippen LogP) is -0.0327. The Morgan fingerprint density at radius 3 is 3.00 bits per heavy atom. The second kappa shape index (κ2) is 3.67. The summed E-state index contributed by atoms with van der Waals surface area (Å²) in [6.07, 6.45) is 2.75. The maximum atomic E-state index is 10.1. The third kappa shape index (κ3) is 1.50. The van der Waals surface area contributed by atoms with Crippen LogP contribution < -0.4 is 11.5 Å². The van der Waals surface area contributed by atoms with Crippen molar-refractivity contribution in [3.05, 3.63) is 23.5 Å². The van der Waals surface area contributed by atoms with Gasteiger partial charge in [-0.3, -0.25) is 4.98 Å². The maximum absolute atomic E-state index is 10.1. The van der Waals surface area contributed by atoms with Crippen LogP contribution in [0.4, 0.5) is 5.69 Å². The number of nitrogen functional groups attached to an aromatic ring is 1. The first-order valence-electron chi connectivity index (χ1n) is 3.44. The van der Waals surface area contributed by atoms with E-state index in [1.165, 1.54) is 12.3 Å². The van der Waals surface area contributed by atoms with Crippen LogP contribution in [0.1, 0.15) is 11.3 Å². The van der Waals surface area contributed by atoms with Gasteiger partial charge in [0.1, 0.15) is 5.94 Å². The Hall–Kier alpha value is -1.64. The van der Waals surface area contributed by atoms with Gasteiger partial charge in [0.05, 0.1) is 5.69 Å². The second-order valence-electron chi connectivity index (χ2n) is 2.23. The molecule has 4 N–H and O–H groups in total. The van der Waals surface area contributed by atoms with E-state index in [1.807, 2.05) is 0 Å². The molecule has 0 bridgehead atoms. The van der Waals surface area contributed by atoms with Crippen LogP contribution in [0.15, 0.2) is 12.3 Å². The molecule has 0 spiro atoms. The van der Waals surface area contributed by atoms with E-state index in [4.69, 9.17) is 11.5 Å². The molecule has 0 amide bonds. The Labute approximate surface area is 69.9 Å². The van der Waals surface area contributed by atoms with Crippen molar-refractivity contribution in [2.24, 2.45) is 5.73 Å². The van der Waals surface area contributed by atoms with Crippen LogP contribution in [0.5, 0.6) is 0 Å². The lowest BCUT2D eigenvalue weighted by Gasteiger charge is -2.03. The Bertz CT molecular complexity index is 329. The molecule has 1 aromatic heterocycles. The van der Waals surface area contributed by atoms with E-state index < -0.39 is 0 Å². The molecule has 0 radical (unpaired) electrons. The smallest absolute Gasteiger partial charge is 0.126 e. The minimum absolute atomic E-state index is 0.271. The van der Waals surface area contributed by atoms with Crippen LogP contribution in [-0.2, 0) is 11.3 Å². The van der Waals surface area contributed by atoms with Crippen LogP contribution in [-0.4, -0.2) is 10.9 Å². The van der Waals surface area contributed by atoms with Gasteiger partial charge in [0.25, 0.3) is 0 Å². The van der Waals surface area contributed by atoms with E-state index in [-0.39, 0.29) is 6.54 Å². The van der Waals surface area contributed by atoms with Crippen molar-refractivity contribution in [1.29, 1.82) is 0 Å². The fourth-order valence-corrected chi connectivity index (χ4v) is 0.927. The van der Waals surface area contributed by atoms with Crippen LogP contribution in [0.3, 0.4) is 0 Å². The Morgan fingerprint density at radius 2 is 2.42 bits per heavy atom. The minimum atomic E-state index is 0.271. The molecule has 0 aromatic carbocycles. The molecule has 0 aliphatic carbocycles. The molecule has 0 fully saturated rings. The van der Waals surface area contributed by atoms with E-state index in [1.54, 1.807) is 12.0 Å². The first-order valence-corrected chi connectivity index (χ1v) is 3.44. The topological polar surface area (TPSA) is 82.0 Å². The summed E-state index contributed by atoms with van der Waals surface area (Å²) < 4.78 is 0. The molecule has 12 heavy (non-hydrogen) atoms. The maximum Gasteiger partial charge on any atom is 0.126 e. The number of hydrogen-bond donors (Lipinski definition) is 2. The first kappa shape index (κ1) is 8.46. The zero-order valence-corrected chi connectivity index (χ0v) is 6.45. The molecule has 4 nitrogen and oxygen atoms in total. The van der Waals surface area contributed by atoms with E-state index in [9.17, 15) is 4.79 Å². The van der Waals surface area contributed by atoms with Crippen molar-refractivity contribution in [2.75, 3.05) is 5.73 Å². The standard InChI is InChI=1S/C8H9N3O/c9-5-6-7(10)1-3-11-8(6)2-4-12/h1-3H,5,9H2,(H2,10,11). The summed E-state index contributed by atoms with van der Waals surface area (Å²) in [6.45, 7) is 0.271. The molecule has 0 unspecified atom stereocenters. The van der Waals surface area contributed by atoms with Gasteiger partial charge >= 0.3 is 0 Å². The van der Waals surface area contributed by atoms with Crippen LogP contribution >= 0.6 is 0 Å². The molecule has 0 saturated heterocycles. The molecule has 62 valence electrons. The summed E-state index contributed by atoms with van der Waals surface area (Å²) in [4.78, 5) is 14.0. The van der Waals surface area contributed by atoms with Crippen molar-refractivity contribution in [2.45, 2.75) is 6.54 Å². The lowest BCUT2D eigenvalue weighted by atomic mass is 10.1. The predicted molar refractivity (Wildman–Crippen MR) is 46.7 cm³/mol. The van der Waals surface area contributed by atoms with Gasteiger partial charge < -0.3 is 11.5 Å². The van der Waals surface area contributed by atoms with Gasteiger partial charge in [-0.1, -0.05) is 0 Å². The molecule has 1 aromatic rings. The Morgan fingerprint density at radius 1 is 1.67 bits per heavy atom. The summed E-state index contributed by atoms with van der Waals surface area (Å²) in [5.41, 5.74) is 12.7. The largest absolute Gasteiger partial charge is 0.398 e. The highest BCUT2D eigenvalue weighted by Crippen LogP contribution is 2.13. The number of rotatable bonds is 2. The van der Waals surface area contributed by atoms with Crippen molar-refractivity contribution in [3.63, 3.8) is 0 Å². The SMILES string of the molecule is NCc1c(N)ccnc1C=C=O. The molecule has 1 heterocycles. The van der Waals surface area contributed by atoms with Crippen LogP contribution in [0, 0.1) is 0 Å². The Kier molecular flexibility index (Phi) is 2.58. The van der Waals surface area contributed by atoms with Gasteiger partial charge in [0, 0.05) is 30.1 Å². The molecular weight excluding hydrogens is 154 g/mol. The fraction of sp³-hybridized carbons (Fsp3) is 0.125. The number of nitrogens with zero attached hydrogens (tertiary/aromatic N) is 1. The van der Waals surface area contributed by atoms with Crippen molar-refractivity contribution in [3.8, 4) is 0 Å². The third-order valence-electron chi connectivity index (χ3n) is 1.53. The summed E-state index contributed by atoms with van der Waals surface area (Å²) in [6, 6.07) is 1.64. The van der Waals surface area contributed by atoms with Crippen molar-refractivity contribution >= 4 is 17.7 Å². The summed E-state index contributed by atoms with van der Waals surface area (Å²) in [7, 11) is 0. The van der Waals surface area contributed by atoms with E-state index >= 15 is 0 Å². The number of anilines is 1. The lowest BCUT2D eigenvalue weighted by molar-refractivity contribution is 0.570. The summed E-state index contributed by atoms with van der Waals surface area (Å²) in [5.74, 6) is 1.64. The summed E-state index contributed by atoms with van der Waals surface area (Å²) in [5, 5.41) is 0. The molecular formula is C8H9N3O. The quantitative estimate of drug-likeness (QED) is 0.600. The average molecular weight is 163 g/mol. The second-order valence-corrected chi connectivity index (χ2v) is 2.23. The normalized spacial score (nSPS) is 9.08. The number of nitrogens with two attached hydrogens (primary N) is 2. The van der Waals surface area contributed by atoms with Gasteiger partial charge in [-0.25, -0.2) is 4.79 Å². The average Bonchev–Trinajstić information content (AvgIpc) is 2.05. The highest BCUT2D eigenvalue weighted by atomic mass is 16.1. The number of carbonyl (C=O) groups excluding carboxylic acids is 1. The van der Waals surface area contributed by atoms with Gasteiger partial charge in [0.2, 0.25) is 0 Å². The van der Waals surface area contributed by atoms with Crippen molar-refractivity contribution in [1.82, 2.24) is 4.98 Å². The third-order valence-corrected chi connectivity index (χ3v) is 1.53. The summed E-state index contributed by atoms with van der Waals surface area (Å²) >= 11 is 0. The fourth-order valence-electron chi connectivity index (χ4n) is 0.927. The van der Waals surface area contributed by atoms with E-state index in [2.05, 4.69) is 4.98 Å². The number of aromatic nitrogens is 1. The number of hydrogen-bond acceptors (Lipinski definition) is 4. The van der Waals surface area contributed by atoms with Gasteiger partial charge in [-0.2, -0.15) is 0 Å². The van der Waals surface area contributed by atoms with E-state index in [0.717, 1.165) is 0 Å². The zero-order valence-electron chi connectivity index (χ0n) is 6.45. The number of pyridine rings is 1. The van der Waals surface area contributed by atoms with Crippen molar-refractivity contribution < 1.29 is 4.79 Å². The molecule has 1 rings (SSSR count). The minimum Gasteiger partial charge on any atom is -0.398 e. The first-order chi connectivity index (χ1) is 5.79. The zero-order chi connectivity index (χ0) is 8.97. The molecule has 0 aliphatic rings.